The number of rotatable bonds is 6. The van der Waals surface area contributed by atoms with E-state index < -0.39 is 12.1 Å². The molecule has 2 unspecified atom stereocenters. The Hall–Kier alpha value is -0.920. The molecule has 0 saturated heterocycles. The zero-order chi connectivity index (χ0) is 12.1. The fourth-order valence-corrected chi connectivity index (χ4v) is 1.77. The van der Waals surface area contributed by atoms with Crippen molar-refractivity contribution in [1.82, 2.24) is 5.48 Å². The maximum Gasteiger partial charge on any atom is 0.237 e. The van der Waals surface area contributed by atoms with Gasteiger partial charge in [-0.05, 0) is 28.1 Å². The van der Waals surface area contributed by atoms with E-state index in [-0.39, 0.29) is 4.92 Å². The van der Waals surface area contributed by atoms with Gasteiger partial charge in [0.1, 0.15) is 5.76 Å². The van der Waals surface area contributed by atoms with Crippen LogP contribution in [0.3, 0.4) is 0 Å². The SMILES string of the molecule is CCC(C(NOC)c1ccc(Br)o1)[N+](=O)[O-]. The summed E-state index contributed by atoms with van der Waals surface area (Å²) < 4.78 is 5.83. The summed E-state index contributed by atoms with van der Waals surface area (Å²) in [7, 11) is 1.41. The molecule has 16 heavy (non-hydrogen) atoms. The van der Waals surface area contributed by atoms with E-state index in [9.17, 15) is 10.1 Å². The molecule has 7 heteroatoms. The van der Waals surface area contributed by atoms with Crippen LogP contribution in [-0.4, -0.2) is 18.1 Å². The number of nitrogens with one attached hydrogen (secondary N) is 1. The molecule has 0 radical (unpaired) electrons. The molecule has 0 saturated carbocycles. The predicted octanol–water partition coefficient (Wildman–Crippen LogP) is 2.29. The topological polar surface area (TPSA) is 77.5 Å². The van der Waals surface area contributed by atoms with Crippen LogP contribution in [0.2, 0.25) is 0 Å². The Labute approximate surface area is 101 Å². The third-order valence-electron chi connectivity index (χ3n) is 2.22. The summed E-state index contributed by atoms with van der Waals surface area (Å²) in [5.41, 5.74) is 2.59. The van der Waals surface area contributed by atoms with Crippen LogP contribution in [-0.2, 0) is 4.84 Å². The van der Waals surface area contributed by atoms with Gasteiger partial charge in [0.05, 0.1) is 7.11 Å². The molecule has 90 valence electrons. The number of hydrogen-bond acceptors (Lipinski definition) is 5. The first kappa shape index (κ1) is 13.1. The highest BCUT2D eigenvalue weighted by molar-refractivity contribution is 9.10. The molecule has 0 fully saturated rings. The largest absolute Gasteiger partial charge is 0.452 e. The van der Waals surface area contributed by atoms with Crippen molar-refractivity contribution < 1.29 is 14.2 Å². The second-order valence-corrected chi connectivity index (χ2v) is 3.98. The molecule has 1 aromatic rings. The van der Waals surface area contributed by atoms with Crippen LogP contribution >= 0.6 is 15.9 Å². The van der Waals surface area contributed by atoms with Crippen LogP contribution in [0.1, 0.15) is 25.1 Å². The fraction of sp³-hybridized carbons (Fsp3) is 0.556. The molecule has 1 N–H and O–H groups in total. The van der Waals surface area contributed by atoms with Gasteiger partial charge in [-0.3, -0.25) is 10.1 Å². The highest BCUT2D eigenvalue weighted by Gasteiger charge is 2.33. The summed E-state index contributed by atoms with van der Waals surface area (Å²) in [6.07, 6.45) is 0.381. The molecule has 0 aliphatic heterocycles. The molecule has 0 bridgehead atoms. The fourth-order valence-electron chi connectivity index (χ4n) is 1.46. The minimum Gasteiger partial charge on any atom is -0.452 e. The third-order valence-corrected chi connectivity index (χ3v) is 2.65. The Morgan fingerprint density at radius 1 is 1.69 bits per heavy atom. The third kappa shape index (κ3) is 3.03. The van der Waals surface area contributed by atoms with Gasteiger partial charge in [-0.25, -0.2) is 0 Å². The van der Waals surface area contributed by atoms with Crippen molar-refractivity contribution in [2.45, 2.75) is 25.4 Å². The van der Waals surface area contributed by atoms with Crippen LogP contribution < -0.4 is 5.48 Å². The zero-order valence-electron chi connectivity index (χ0n) is 8.97. The Morgan fingerprint density at radius 2 is 2.38 bits per heavy atom. The number of nitrogens with zero attached hydrogens (tertiary/aromatic N) is 1. The van der Waals surface area contributed by atoms with Gasteiger partial charge in [0.25, 0.3) is 0 Å². The Bertz CT molecular complexity index is 355. The van der Waals surface area contributed by atoms with Gasteiger partial charge in [-0.2, -0.15) is 5.48 Å². The summed E-state index contributed by atoms with van der Waals surface area (Å²) >= 11 is 3.15. The van der Waals surface area contributed by atoms with Crippen molar-refractivity contribution in [3.05, 3.63) is 32.7 Å². The van der Waals surface area contributed by atoms with Crippen molar-refractivity contribution in [3.8, 4) is 0 Å². The van der Waals surface area contributed by atoms with Gasteiger partial charge < -0.3 is 9.25 Å². The van der Waals surface area contributed by atoms with Gasteiger partial charge in [0, 0.05) is 11.3 Å². The van der Waals surface area contributed by atoms with Crippen molar-refractivity contribution in [2.75, 3.05) is 7.11 Å². The highest BCUT2D eigenvalue weighted by Crippen LogP contribution is 2.25. The summed E-state index contributed by atoms with van der Waals surface area (Å²) in [4.78, 5) is 15.3. The first-order chi connectivity index (χ1) is 7.60. The lowest BCUT2D eigenvalue weighted by Crippen LogP contribution is -2.36. The Kier molecular flexibility index (Phi) is 4.91. The molecule has 0 aliphatic carbocycles. The predicted molar refractivity (Wildman–Crippen MR) is 60.4 cm³/mol. The first-order valence-corrected chi connectivity index (χ1v) is 5.56. The molecule has 6 nitrogen and oxygen atoms in total. The first-order valence-electron chi connectivity index (χ1n) is 4.77. The van der Waals surface area contributed by atoms with E-state index in [1.54, 1.807) is 19.1 Å². The molecular weight excluding hydrogens is 280 g/mol. The average molecular weight is 293 g/mol. The van der Waals surface area contributed by atoms with E-state index in [4.69, 9.17) is 9.25 Å². The average Bonchev–Trinajstić information content (AvgIpc) is 2.64. The second kappa shape index (κ2) is 5.97. The van der Waals surface area contributed by atoms with Crippen LogP contribution in [0.4, 0.5) is 0 Å². The van der Waals surface area contributed by atoms with E-state index in [2.05, 4.69) is 21.4 Å². The minimum absolute atomic E-state index is 0.340. The van der Waals surface area contributed by atoms with Crippen LogP contribution in [0.25, 0.3) is 0 Å². The Morgan fingerprint density at radius 3 is 2.75 bits per heavy atom. The smallest absolute Gasteiger partial charge is 0.237 e. The van der Waals surface area contributed by atoms with Crippen LogP contribution in [0, 0.1) is 10.1 Å². The summed E-state index contributed by atoms with van der Waals surface area (Å²) in [6.45, 7) is 1.75. The maximum absolute atomic E-state index is 10.9. The second-order valence-electron chi connectivity index (χ2n) is 3.20. The quantitative estimate of drug-likeness (QED) is 0.643. The number of halogens is 1. The standard InChI is InChI=1S/C9H13BrN2O4/c1-3-6(12(13)14)9(11-15-2)7-4-5-8(10)16-7/h4-6,9,11H,3H2,1-2H3. The normalized spacial score (nSPS) is 14.7. The molecule has 0 spiro atoms. The molecule has 1 heterocycles. The maximum atomic E-state index is 10.9. The summed E-state index contributed by atoms with van der Waals surface area (Å²) in [5.74, 6) is 0.470. The lowest BCUT2D eigenvalue weighted by molar-refractivity contribution is -0.531. The monoisotopic (exact) mass is 292 g/mol. The number of hydrogen-bond donors (Lipinski definition) is 1. The molecule has 0 amide bonds. The molecule has 0 aromatic carbocycles. The van der Waals surface area contributed by atoms with Gasteiger partial charge in [0.15, 0.2) is 10.7 Å². The van der Waals surface area contributed by atoms with Crippen molar-refractivity contribution in [3.63, 3.8) is 0 Å². The van der Waals surface area contributed by atoms with Gasteiger partial charge in [-0.15, -0.1) is 0 Å². The van der Waals surface area contributed by atoms with E-state index in [0.717, 1.165) is 0 Å². The van der Waals surface area contributed by atoms with E-state index in [0.29, 0.717) is 16.9 Å². The van der Waals surface area contributed by atoms with Crippen molar-refractivity contribution >= 4 is 15.9 Å². The molecular formula is C9H13BrN2O4. The van der Waals surface area contributed by atoms with E-state index in [1.807, 2.05) is 0 Å². The summed E-state index contributed by atoms with van der Waals surface area (Å²) in [6, 6.07) is 1.97. The lowest BCUT2D eigenvalue weighted by atomic mass is 10.1. The van der Waals surface area contributed by atoms with Crippen molar-refractivity contribution in [2.24, 2.45) is 0 Å². The van der Waals surface area contributed by atoms with Crippen LogP contribution in [0.5, 0.6) is 0 Å². The molecule has 0 aliphatic rings. The minimum atomic E-state index is -0.794. The van der Waals surface area contributed by atoms with Gasteiger partial charge >= 0.3 is 0 Å². The number of furan rings is 1. The van der Waals surface area contributed by atoms with Crippen LogP contribution in [0.15, 0.2) is 21.2 Å². The molecule has 2 atom stereocenters. The van der Waals surface area contributed by atoms with E-state index >= 15 is 0 Å². The molecule has 1 aromatic heterocycles. The lowest BCUT2D eigenvalue weighted by Gasteiger charge is -2.17. The highest BCUT2D eigenvalue weighted by atomic mass is 79.9. The van der Waals surface area contributed by atoms with Gasteiger partial charge in [-0.1, -0.05) is 6.92 Å². The summed E-state index contributed by atoms with van der Waals surface area (Å²) in [5, 5.41) is 10.9. The van der Waals surface area contributed by atoms with E-state index in [1.165, 1.54) is 7.11 Å². The number of hydroxylamine groups is 1. The molecule has 1 rings (SSSR count). The number of nitro groups is 1. The van der Waals surface area contributed by atoms with Crippen molar-refractivity contribution in [1.29, 1.82) is 0 Å². The Balaban J connectivity index is 2.93. The zero-order valence-corrected chi connectivity index (χ0v) is 10.6. The van der Waals surface area contributed by atoms with Gasteiger partial charge in [0.2, 0.25) is 6.04 Å².